The highest BCUT2D eigenvalue weighted by Crippen LogP contribution is 2.22. The van der Waals surface area contributed by atoms with E-state index in [4.69, 9.17) is 11.6 Å². The highest BCUT2D eigenvalue weighted by Gasteiger charge is 2.05. The summed E-state index contributed by atoms with van der Waals surface area (Å²) in [6.45, 7) is 2.90. The number of hydrogen-bond donors (Lipinski definition) is 1. The molecule has 18 heavy (non-hydrogen) atoms. The number of hydrogen-bond acceptors (Lipinski definition) is 3. The van der Waals surface area contributed by atoms with Crippen molar-refractivity contribution in [2.75, 3.05) is 11.9 Å². The second-order valence-electron chi connectivity index (χ2n) is 3.85. The average molecular weight is 266 g/mol. The molecule has 0 saturated carbocycles. The predicted molar refractivity (Wildman–Crippen MR) is 71.2 cm³/mol. The van der Waals surface area contributed by atoms with E-state index in [2.05, 4.69) is 22.2 Å². The van der Waals surface area contributed by atoms with Crippen LogP contribution >= 0.6 is 11.6 Å². The number of anilines is 1. The Bertz CT molecular complexity index is 525. The largest absolute Gasteiger partial charge is 0.370 e. The molecule has 94 valence electrons. The van der Waals surface area contributed by atoms with E-state index in [9.17, 15) is 4.39 Å². The van der Waals surface area contributed by atoms with E-state index in [-0.39, 0.29) is 0 Å². The maximum atomic E-state index is 13.3. The van der Waals surface area contributed by atoms with Gasteiger partial charge in [0.15, 0.2) is 5.82 Å². The van der Waals surface area contributed by atoms with Gasteiger partial charge in [-0.2, -0.15) is 0 Å². The molecule has 0 aliphatic heterocycles. The lowest BCUT2D eigenvalue weighted by atomic mass is 10.2. The molecule has 1 aromatic heterocycles. The van der Waals surface area contributed by atoms with E-state index >= 15 is 0 Å². The number of nitrogens with one attached hydrogen (secondary N) is 1. The van der Waals surface area contributed by atoms with Crippen molar-refractivity contribution in [3.05, 3.63) is 41.3 Å². The van der Waals surface area contributed by atoms with Gasteiger partial charge in [0, 0.05) is 23.3 Å². The molecular weight excluding hydrogens is 253 g/mol. The molecule has 0 amide bonds. The van der Waals surface area contributed by atoms with Gasteiger partial charge in [0.25, 0.3) is 0 Å². The minimum Gasteiger partial charge on any atom is -0.370 e. The van der Waals surface area contributed by atoms with Crippen LogP contribution in [-0.4, -0.2) is 16.5 Å². The molecule has 0 spiro atoms. The molecule has 0 atom stereocenters. The summed E-state index contributed by atoms with van der Waals surface area (Å²) >= 11 is 5.81. The van der Waals surface area contributed by atoms with E-state index in [1.165, 1.54) is 12.1 Å². The standard InChI is InChI=1S/C13H13ClFN3/c1-2-4-16-12-3-5-17-13(18-12)9-6-10(14)8-11(15)7-9/h3,5-8H,2,4H2,1H3,(H,16,17,18). The van der Waals surface area contributed by atoms with Crippen LogP contribution in [0.25, 0.3) is 11.4 Å². The summed E-state index contributed by atoms with van der Waals surface area (Å²) in [5.41, 5.74) is 0.570. The van der Waals surface area contributed by atoms with Crippen LogP contribution in [0, 0.1) is 5.82 Å². The third-order valence-electron chi connectivity index (χ3n) is 2.33. The molecular formula is C13H13ClFN3. The first-order valence-electron chi connectivity index (χ1n) is 5.72. The molecule has 0 bridgehead atoms. The van der Waals surface area contributed by atoms with E-state index < -0.39 is 5.82 Å². The second kappa shape index (κ2) is 5.78. The molecule has 0 radical (unpaired) electrons. The van der Waals surface area contributed by atoms with Gasteiger partial charge in [-0.25, -0.2) is 14.4 Å². The van der Waals surface area contributed by atoms with Gasteiger partial charge in [-0.05, 0) is 30.7 Å². The molecule has 0 fully saturated rings. The number of nitrogens with zero attached hydrogens (tertiary/aromatic N) is 2. The van der Waals surface area contributed by atoms with Gasteiger partial charge in [-0.3, -0.25) is 0 Å². The van der Waals surface area contributed by atoms with Gasteiger partial charge in [-0.1, -0.05) is 18.5 Å². The van der Waals surface area contributed by atoms with Gasteiger partial charge >= 0.3 is 0 Å². The third kappa shape index (κ3) is 3.17. The van der Waals surface area contributed by atoms with Gasteiger partial charge < -0.3 is 5.32 Å². The van der Waals surface area contributed by atoms with Gasteiger partial charge in [-0.15, -0.1) is 0 Å². The molecule has 0 unspecified atom stereocenters. The zero-order valence-corrected chi connectivity index (χ0v) is 10.7. The lowest BCUT2D eigenvalue weighted by Gasteiger charge is -2.06. The average Bonchev–Trinajstić information content (AvgIpc) is 2.35. The van der Waals surface area contributed by atoms with Gasteiger partial charge in [0.2, 0.25) is 0 Å². The zero-order chi connectivity index (χ0) is 13.0. The van der Waals surface area contributed by atoms with Crippen LogP contribution in [-0.2, 0) is 0 Å². The van der Waals surface area contributed by atoms with Crippen LogP contribution < -0.4 is 5.32 Å². The van der Waals surface area contributed by atoms with Crippen molar-refractivity contribution in [2.24, 2.45) is 0 Å². The zero-order valence-electron chi connectivity index (χ0n) is 9.95. The van der Waals surface area contributed by atoms with Crippen molar-refractivity contribution >= 4 is 17.4 Å². The fourth-order valence-electron chi connectivity index (χ4n) is 1.53. The predicted octanol–water partition coefficient (Wildman–Crippen LogP) is 3.76. The summed E-state index contributed by atoms with van der Waals surface area (Å²) in [6, 6.07) is 6.04. The Kier molecular flexibility index (Phi) is 4.10. The molecule has 1 heterocycles. The van der Waals surface area contributed by atoms with Crippen molar-refractivity contribution in [3.63, 3.8) is 0 Å². The lowest BCUT2D eigenvalue weighted by molar-refractivity contribution is 0.628. The SMILES string of the molecule is CCCNc1ccnc(-c2cc(F)cc(Cl)c2)n1. The first-order valence-corrected chi connectivity index (χ1v) is 6.10. The summed E-state index contributed by atoms with van der Waals surface area (Å²) < 4.78 is 13.3. The minimum atomic E-state index is -0.395. The topological polar surface area (TPSA) is 37.8 Å². The van der Waals surface area contributed by atoms with Gasteiger partial charge in [0.1, 0.15) is 11.6 Å². The molecule has 0 saturated heterocycles. The third-order valence-corrected chi connectivity index (χ3v) is 2.55. The summed E-state index contributed by atoms with van der Waals surface area (Å²) in [5.74, 6) is 0.785. The Morgan fingerprint density at radius 2 is 2.17 bits per heavy atom. The smallest absolute Gasteiger partial charge is 0.161 e. The summed E-state index contributed by atoms with van der Waals surface area (Å²) in [5, 5.41) is 3.49. The highest BCUT2D eigenvalue weighted by molar-refractivity contribution is 6.30. The number of aromatic nitrogens is 2. The molecule has 5 heteroatoms. The van der Waals surface area contributed by atoms with E-state index in [1.807, 2.05) is 0 Å². The lowest BCUT2D eigenvalue weighted by Crippen LogP contribution is -2.03. The molecule has 3 nitrogen and oxygen atoms in total. The van der Waals surface area contributed by atoms with Crippen LogP contribution in [0.5, 0.6) is 0 Å². The Labute approximate surface area is 110 Å². The van der Waals surface area contributed by atoms with E-state index in [0.29, 0.717) is 16.4 Å². The summed E-state index contributed by atoms with van der Waals surface area (Å²) in [7, 11) is 0. The fraction of sp³-hybridized carbons (Fsp3) is 0.231. The Balaban J connectivity index is 2.32. The number of benzene rings is 1. The Morgan fingerprint density at radius 3 is 2.89 bits per heavy atom. The van der Waals surface area contributed by atoms with E-state index in [1.54, 1.807) is 18.3 Å². The molecule has 1 N–H and O–H groups in total. The van der Waals surface area contributed by atoms with Crippen LogP contribution in [0.4, 0.5) is 10.2 Å². The van der Waals surface area contributed by atoms with Crippen LogP contribution in [0.3, 0.4) is 0 Å². The van der Waals surface area contributed by atoms with E-state index in [0.717, 1.165) is 18.8 Å². The molecule has 2 aromatic rings. The van der Waals surface area contributed by atoms with Crippen LogP contribution in [0.15, 0.2) is 30.5 Å². The Morgan fingerprint density at radius 1 is 1.33 bits per heavy atom. The van der Waals surface area contributed by atoms with Crippen LogP contribution in [0.1, 0.15) is 13.3 Å². The molecule has 2 rings (SSSR count). The van der Waals surface area contributed by atoms with Crippen molar-refractivity contribution < 1.29 is 4.39 Å². The van der Waals surface area contributed by atoms with Crippen LogP contribution in [0.2, 0.25) is 5.02 Å². The van der Waals surface area contributed by atoms with Crippen molar-refractivity contribution in [1.82, 2.24) is 9.97 Å². The first-order chi connectivity index (χ1) is 8.69. The maximum absolute atomic E-state index is 13.3. The normalized spacial score (nSPS) is 10.4. The monoisotopic (exact) mass is 265 g/mol. The fourth-order valence-corrected chi connectivity index (χ4v) is 1.75. The van der Waals surface area contributed by atoms with Gasteiger partial charge in [0.05, 0.1) is 0 Å². The minimum absolute atomic E-state index is 0.334. The Hall–Kier alpha value is -1.68. The van der Waals surface area contributed by atoms with Crippen molar-refractivity contribution in [1.29, 1.82) is 0 Å². The van der Waals surface area contributed by atoms with Crippen molar-refractivity contribution in [2.45, 2.75) is 13.3 Å². The maximum Gasteiger partial charge on any atom is 0.161 e. The number of halogens is 2. The van der Waals surface area contributed by atoms with Crippen molar-refractivity contribution in [3.8, 4) is 11.4 Å². The summed E-state index contributed by atoms with van der Waals surface area (Å²) in [4.78, 5) is 8.44. The number of rotatable bonds is 4. The molecule has 0 aliphatic carbocycles. The molecule has 1 aromatic carbocycles. The first kappa shape index (κ1) is 12.8. The summed E-state index contributed by atoms with van der Waals surface area (Å²) in [6.07, 6.45) is 2.64. The quantitative estimate of drug-likeness (QED) is 0.915. The molecule has 0 aliphatic rings. The second-order valence-corrected chi connectivity index (χ2v) is 4.29. The highest BCUT2D eigenvalue weighted by atomic mass is 35.5.